The molecule has 0 aliphatic carbocycles. The predicted octanol–water partition coefficient (Wildman–Crippen LogP) is 1.23. The normalized spacial score (nSPS) is 19.9. The Morgan fingerprint density at radius 3 is 3.08 bits per heavy atom. The Balaban J connectivity index is 1.43. The van der Waals surface area contributed by atoms with Crippen LogP contribution in [-0.4, -0.2) is 64.0 Å². The summed E-state index contributed by atoms with van der Waals surface area (Å²) in [5.41, 5.74) is 3.06. The molecular formula is C17H21N5O3. The first kappa shape index (κ1) is 15.7. The maximum atomic E-state index is 12.5. The molecule has 0 bridgehead atoms. The van der Waals surface area contributed by atoms with Crippen LogP contribution in [0.2, 0.25) is 0 Å². The van der Waals surface area contributed by atoms with E-state index in [4.69, 9.17) is 4.74 Å². The summed E-state index contributed by atoms with van der Waals surface area (Å²) in [6, 6.07) is 6.01. The number of hydrogen-bond donors (Lipinski definition) is 1. The lowest BCUT2D eigenvalue weighted by Gasteiger charge is -2.35. The van der Waals surface area contributed by atoms with Gasteiger partial charge < -0.3 is 15.0 Å². The van der Waals surface area contributed by atoms with Crippen molar-refractivity contribution in [3.05, 3.63) is 29.5 Å². The van der Waals surface area contributed by atoms with Crippen LogP contribution in [0.1, 0.15) is 11.3 Å². The number of benzene rings is 1. The molecule has 132 valence electrons. The molecule has 2 aliphatic heterocycles. The monoisotopic (exact) mass is 343 g/mol. The van der Waals surface area contributed by atoms with E-state index in [0.29, 0.717) is 32.8 Å². The summed E-state index contributed by atoms with van der Waals surface area (Å²) < 4.78 is 6.87. The van der Waals surface area contributed by atoms with E-state index in [1.807, 2.05) is 24.7 Å². The first-order valence-corrected chi connectivity index (χ1v) is 8.41. The van der Waals surface area contributed by atoms with Gasteiger partial charge in [-0.2, -0.15) is 5.10 Å². The Bertz CT molecular complexity index is 846. The molecule has 8 heteroatoms. The largest absolute Gasteiger partial charge is 0.447 e. The fourth-order valence-electron chi connectivity index (χ4n) is 3.53. The second-order valence-electron chi connectivity index (χ2n) is 6.62. The lowest BCUT2D eigenvalue weighted by Crippen LogP contribution is -2.55. The van der Waals surface area contributed by atoms with Gasteiger partial charge in [0.25, 0.3) is 0 Å². The number of aromatic nitrogens is 2. The Labute approximate surface area is 145 Å². The van der Waals surface area contributed by atoms with E-state index in [9.17, 15) is 9.59 Å². The molecule has 2 aliphatic rings. The highest BCUT2D eigenvalue weighted by molar-refractivity contribution is 5.83. The van der Waals surface area contributed by atoms with Crippen molar-refractivity contribution >= 4 is 23.0 Å². The number of piperazine rings is 1. The van der Waals surface area contributed by atoms with Crippen LogP contribution in [0.3, 0.4) is 0 Å². The highest BCUT2D eigenvalue weighted by atomic mass is 16.6. The average Bonchev–Trinajstić information content (AvgIpc) is 3.12. The van der Waals surface area contributed by atoms with Gasteiger partial charge in [-0.1, -0.05) is 11.6 Å². The zero-order valence-corrected chi connectivity index (χ0v) is 14.4. The summed E-state index contributed by atoms with van der Waals surface area (Å²) in [4.78, 5) is 27.4. The molecule has 25 heavy (non-hydrogen) atoms. The van der Waals surface area contributed by atoms with Crippen LogP contribution in [-0.2, 0) is 18.3 Å². The Hall–Kier alpha value is -2.77. The predicted molar refractivity (Wildman–Crippen MR) is 91.1 cm³/mol. The van der Waals surface area contributed by atoms with Crippen molar-refractivity contribution in [2.24, 2.45) is 7.05 Å². The summed E-state index contributed by atoms with van der Waals surface area (Å²) in [5, 5.41) is 8.53. The first-order valence-electron chi connectivity index (χ1n) is 8.41. The number of hydrogen-bond acceptors (Lipinski definition) is 4. The van der Waals surface area contributed by atoms with Crippen LogP contribution in [0.4, 0.5) is 9.59 Å². The summed E-state index contributed by atoms with van der Waals surface area (Å²) in [6.07, 6.45) is -0.277. The highest BCUT2D eigenvalue weighted by Gasteiger charge is 2.38. The topological polar surface area (TPSA) is 79.7 Å². The molecule has 0 saturated carbocycles. The number of carbonyl (C=O) groups excluding carboxylic acids is 2. The number of aryl methyl sites for hydroxylation is 2. The van der Waals surface area contributed by atoms with Gasteiger partial charge in [-0.3, -0.25) is 9.58 Å². The number of carbonyl (C=O) groups is 2. The van der Waals surface area contributed by atoms with Gasteiger partial charge >= 0.3 is 12.1 Å². The van der Waals surface area contributed by atoms with Crippen LogP contribution in [0, 0.1) is 6.92 Å². The lowest BCUT2D eigenvalue weighted by molar-refractivity contribution is 0.127. The SMILES string of the molecule is Cc1ccc2c(c1)c(CNC(=O)N1CCN3C(=O)OCC3C1)nn2C. The fourth-order valence-corrected chi connectivity index (χ4v) is 3.53. The second kappa shape index (κ2) is 5.94. The van der Waals surface area contributed by atoms with Crippen molar-refractivity contribution < 1.29 is 14.3 Å². The van der Waals surface area contributed by atoms with Crippen molar-refractivity contribution in [3.63, 3.8) is 0 Å². The van der Waals surface area contributed by atoms with Crippen LogP contribution in [0.15, 0.2) is 18.2 Å². The van der Waals surface area contributed by atoms with Crippen molar-refractivity contribution in [1.82, 2.24) is 24.9 Å². The standard InChI is InChI=1S/C17H21N5O3/c1-11-3-4-15-13(7-11)14(19-20(15)2)8-18-16(23)21-5-6-22-12(9-21)10-25-17(22)24/h3-4,7,12H,5-6,8-10H2,1-2H3,(H,18,23). The van der Waals surface area contributed by atoms with E-state index in [1.54, 1.807) is 9.80 Å². The van der Waals surface area contributed by atoms with Gasteiger partial charge in [0, 0.05) is 32.1 Å². The third kappa shape index (κ3) is 2.77. The van der Waals surface area contributed by atoms with E-state index >= 15 is 0 Å². The molecule has 2 fully saturated rings. The second-order valence-corrected chi connectivity index (χ2v) is 6.62. The molecule has 3 amide bonds. The van der Waals surface area contributed by atoms with Gasteiger partial charge in [-0.05, 0) is 19.1 Å². The van der Waals surface area contributed by atoms with Gasteiger partial charge in [-0.25, -0.2) is 9.59 Å². The summed E-state index contributed by atoms with van der Waals surface area (Å²) in [5.74, 6) is 0. The molecule has 1 aromatic carbocycles. The Morgan fingerprint density at radius 2 is 2.24 bits per heavy atom. The number of nitrogens with zero attached hydrogens (tertiary/aromatic N) is 4. The maximum Gasteiger partial charge on any atom is 0.410 e. The molecule has 1 N–H and O–H groups in total. The number of urea groups is 1. The van der Waals surface area contributed by atoms with Crippen molar-refractivity contribution in [1.29, 1.82) is 0 Å². The van der Waals surface area contributed by atoms with Crippen molar-refractivity contribution in [2.45, 2.75) is 19.5 Å². The van der Waals surface area contributed by atoms with E-state index in [2.05, 4.69) is 22.5 Å². The van der Waals surface area contributed by atoms with Gasteiger partial charge in [0.1, 0.15) is 6.61 Å². The van der Waals surface area contributed by atoms with E-state index < -0.39 is 0 Å². The molecule has 2 saturated heterocycles. The minimum atomic E-state index is -0.277. The van der Waals surface area contributed by atoms with Crippen molar-refractivity contribution in [2.75, 3.05) is 26.2 Å². The fraction of sp³-hybridized carbons (Fsp3) is 0.471. The van der Waals surface area contributed by atoms with Gasteiger partial charge in [0.05, 0.1) is 23.8 Å². The molecule has 2 aromatic rings. The number of nitrogens with one attached hydrogen (secondary N) is 1. The number of rotatable bonds is 2. The van der Waals surface area contributed by atoms with Crippen molar-refractivity contribution in [3.8, 4) is 0 Å². The van der Waals surface area contributed by atoms with E-state index in [-0.39, 0.29) is 18.2 Å². The number of amides is 3. The number of fused-ring (bicyclic) bond motifs is 2. The van der Waals surface area contributed by atoms with Gasteiger partial charge in [0.2, 0.25) is 0 Å². The number of ether oxygens (including phenoxy) is 1. The van der Waals surface area contributed by atoms with Gasteiger partial charge in [-0.15, -0.1) is 0 Å². The molecule has 1 unspecified atom stereocenters. The molecule has 4 rings (SSSR count). The molecule has 1 atom stereocenters. The zero-order valence-electron chi connectivity index (χ0n) is 14.4. The smallest absolute Gasteiger partial charge is 0.410 e. The lowest BCUT2D eigenvalue weighted by atomic mass is 10.1. The first-order chi connectivity index (χ1) is 12.0. The Morgan fingerprint density at radius 1 is 1.40 bits per heavy atom. The quantitative estimate of drug-likeness (QED) is 0.889. The Kier molecular flexibility index (Phi) is 3.74. The minimum Gasteiger partial charge on any atom is -0.447 e. The third-order valence-electron chi connectivity index (χ3n) is 4.89. The van der Waals surface area contributed by atoms with E-state index in [1.165, 1.54) is 0 Å². The zero-order chi connectivity index (χ0) is 17.6. The third-order valence-corrected chi connectivity index (χ3v) is 4.89. The van der Waals surface area contributed by atoms with Crippen LogP contribution in [0.5, 0.6) is 0 Å². The average molecular weight is 343 g/mol. The van der Waals surface area contributed by atoms with Gasteiger partial charge in [0.15, 0.2) is 0 Å². The maximum absolute atomic E-state index is 12.5. The molecule has 8 nitrogen and oxygen atoms in total. The molecule has 1 aromatic heterocycles. The van der Waals surface area contributed by atoms with Crippen LogP contribution >= 0.6 is 0 Å². The van der Waals surface area contributed by atoms with Crippen LogP contribution in [0.25, 0.3) is 10.9 Å². The molecule has 0 radical (unpaired) electrons. The highest BCUT2D eigenvalue weighted by Crippen LogP contribution is 2.20. The summed E-state index contributed by atoms with van der Waals surface area (Å²) in [6.45, 7) is 4.30. The molecule has 0 spiro atoms. The van der Waals surface area contributed by atoms with Crippen LogP contribution < -0.4 is 5.32 Å². The summed E-state index contributed by atoms with van der Waals surface area (Å²) >= 11 is 0. The summed E-state index contributed by atoms with van der Waals surface area (Å²) in [7, 11) is 1.90. The molecule has 3 heterocycles. The van der Waals surface area contributed by atoms with E-state index in [0.717, 1.165) is 22.2 Å². The number of cyclic esters (lactones) is 1. The minimum absolute atomic E-state index is 0.0367. The molecular weight excluding hydrogens is 322 g/mol.